The zero-order valence-electron chi connectivity index (χ0n) is 14.6. The third-order valence-electron chi connectivity index (χ3n) is 4.66. The Kier molecular flexibility index (Phi) is 5.49. The highest BCUT2D eigenvalue weighted by Crippen LogP contribution is 2.22. The van der Waals surface area contributed by atoms with E-state index in [1.807, 2.05) is 24.3 Å². The van der Waals surface area contributed by atoms with Gasteiger partial charge in [-0.05, 0) is 60.1 Å². The maximum absolute atomic E-state index is 12.3. The molecule has 0 saturated carbocycles. The maximum Gasteiger partial charge on any atom is 0.228 e. The Morgan fingerprint density at radius 1 is 0.840 bits per heavy atom. The van der Waals surface area contributed by atoms with E-state index in [4.69, 9.17) is 0 Å². The fourth-order valence-corrected chi connectivity index (χ4v) is 3.27. The van der Waals surface area contributed by atoms with Crippen molar-refractivity contribution in [2.45, 2.75) is 38.5 Å². The summed E-state index contributed by atoms with van der Waals surface area (Å²) in [6.07, 6.45) is 5.52. The van der Waals surface area contributed by atoms with E-state index in [0.29, 0.717) is 12.8 Å². The molecule has 2 aromatic rings. The topological polar surface area (TPSA) is 58.2 Å². The molecule has 0 radical (unpaired) electrons. The van der Waals surface area contributed by atoms with Crippen LogP contribution in [-0.4, -0.2) is 18.9 Å². The number of nitrogens with one attached hydrogen (secondary N) is 2. The summed E-state index contributed by atoms with van der Waals surface area (Å²) in [5, 5.41) is 5.53. The predicted octanol–water partition coefficient (Wildman–Crippen LogP) is 3.04. The fourth-order valence-electron chi connectivity index (χ4n) is 3.27. The lowest BCUT2D eigenvalue weighted by molar-refractivity contribution is -0.120. The van der Waals surface area contributed by atoms with Crippen LogP contribution in [0.5, 0.6) is 0 Å². The van der Waals surface area contributed by atoms with Gasteiger partial charge in [-0.25, -0.2) is 0 Å². The second-order valence-electron chi connectivity index (χ2n) is 6.58. The molecule has 0 aromatic heterocycles. The van der Waals surface area contributed by atoms with Crippen LogP contribution in [0.1, 0.15) is 35.1 Å². The van der Waals surface area contributed by atoms with Gasteiger partial charge in [0.25, 0.3) is 0 Å². The smallest absolute Gasteiger partial charge is 0.228 e. The van der Waals surface area contributed by atoms with E-state index in [9.17, 15) is 9.59 Å². The molecule has 2 N–H and O–H groups in total. The Morgan fingerprint density at radius 2 is 1.48 bits per heavy atom. The van der Waals surface area contributed by atoms with Crippen molar-refractivity contribution in [3.63, 3.8) is 0 Å². The number of hydrogen-bond acceptors (Lipinski definition) is 2. The summed E-state index contributed by atoms with van der Waals surface area (Å²) in [7, 11) is 1.62. The fraction of sp³-hybridized carbons (Fsp3) is 0.333. The largest absolute Gasteiger partial charge is 0.359 e. The van der Waals surface area contributed by atoms with Gasteiger partial charge in [-0.2, -0.15) is 0 Å². The summed E-state index contributed by atoms with van der Waals surface area (Å²) < 4.78 is 0. The van der Waals surface area contributed by atoms with Crippen molar-refractivity contribution in [1.29, 1.82) is 0 Å². The molecule has 0 unspecified atom stereocenters. The number of benzene rings is 2. The molecule has 2 amide bonds. The van der Waals surface area contributed by atoms with Gasteiger partial charge in [0.15, 0.2) is 0 Å². The average Bonchev–Trinajstić information content (AvgIpc) is 2.63. The summed E-state index contributed by atoms with van der Waals surface area (Å²) in [6.45, 7) is 0. The second kappa shape index (κ2) is 7.97. The lowest BCUT2D eigenvalue weighted by atomic mass is 9.90. The Bertz CT molecular complexity index is 766. The van der Waals surface area contributed by atoms with Gasteiger partial charge in [0.05, 0.1) is 12.8 Å². The highest BCUT2D eigenvalue weighted by Gasteiger charge is 2.11. The van der Waals surface area contributed by atoms with Crippen LogP contribution in [0.15, 0.2) is 42.5 Å². The molecule has 1 aliphatic rings. The normalized spacial score (nSPS) is 13.0. The Labute approximate surface area is 148 Å². The first kappa shape index (κ1) is 17.2. The Morgan fingerprint density at radius 3 is 2.20 bits per heavy atom. The third-order valence-corrected chi connectivity index (χ3v) is 4.66. The molecule has 25 heavy (non-hydrogen) atoms. The van der Waals surface area contributed by atoms with Gasteiger partial charge in [0.1, 0.15) is 0 Å². The molecule has 4 nitrogen and oxygen atoms in total. The number of fused-ring (bicyclic) bond motifs is 1. The summed E-state index contributed by atoms with van der Waals surface area (Å²) in [4.78, 5) is 23.7. The van der Waals surface area contributed by atoms with Crippen molar-refractivity contribution in [2.24, 2.45) is 0 Å². The van der Waals surface area contributed by atoms with Crippen LogP contribution in [0.25, 0.3) is 0 Å². The van der Waals surface area contributed by atoms with E-state index in [-0.39, 0.29) is 11.8 Å². The maximum atomic E-state index is 12.3. The lowest BCUT2D eigenvalue weighted by Crippen LogP contribution is -2.20. The van der Waals surface area contributed by atoms with E-state index in [1.165, 1.54) is 24.0 Å². The minimum atomic E-state index is -0.0239. The summed E-state index contributed by atoms with van der Waals surface area (Å²) >= 11 is 0. The Balaban J connectivity index is 1.58. The number of likely N-dealkylation sites (N-methyl/N-ethyl adjacent to an activating group) is 1. The molecule has 0 saturated heterocycles. The van der Waals surface area contributed by atoms with Gasteiger partial charge in [-0.15, -0.1) is 0 Å². The summed E-state index contributed by atoms with van der Waals surface area (Å²) in [5.74, 6) is -0.0426. The molecule has 2 aromatic carbocycles. The lowest BCUT2D eigenvalue weighted by Gasteiger charge is -2.16. The highest BCUT2D eigenvalue weighted by molar-refractivity contribution is 5.92. The first-order valence-corrected chi connectivity index (χ1v) is 8.84. The zero-order valence-corrected chi connectivity index (χ0v) is 14.6. The van der Waals surface area contributed by atoms with Crippen LogP contribution >= 0.6 is 0 Å². The van der Waals surface area contributed by atoms with Gasteiger partial charge in [-0.1, -0.05) is 30.3 Å². The predicted molar refractivity (Wildman–Crippen MR) is 99.6 cm³/mol. The number of carbonyl (C=O) groups is 2. The van der Waals surface area contributed by atoms with Gasteiger partial charge >= 0.3 is 0 Å². The molecule has 0 spiro atoms. The van der Waals surface area contributed by atoms with Gasteiger partial charge < -0.3 is 10.6 Å². The highest BCUT2D eigenvalue weighted by atomic mass is 16.2. The molecule has 0 atom stereocenters. The van der Waals surface area contributed by atoms with Crippen molar-refractivity contribution in [2.75, 3.05) is 12.4 Å². The van der Waals surface area contributed by atoms with Crippen molar-refractivity contribution < 1.29 is 9.59 Å². The minimum absolute atomic E-state index is 0.0187. The quantitative estimate of drug-likeness (QED) is 0.882. The number of carbonyl (C=O) groups excluding carboxylic acids is 2. The molecule has 1 aliphatic carbocycles. The number of amides is 2. The number of aryl methyl sites for hydroxylation is 2. The molecule has 0 fully saturated rings. The van der Waals surface area contributed by atoms with Gasteiger partial charge in [-0.3, -0.25) is 9.59 Å². The monoisotopic (exact) mass is 336 g/mol. The SMILES string of the molecule is CNC(=O)Cc1ccc(NC(=O)Cc2ccc3c(c2)CCCC3)cc1. The minimum Gasteiger partial charge on any atom is -0.359 e. The third kappa shape index (κ3) is 4.69. The zero-order chi connectivity index (χ0) is 17.6. The molecular formula is C21H24N2O2. The molecule has 0 heterocycles. The Hall–Kier alpha value is -2.62. The van der Waals surface area contributed by atoms with Crippen LogP contribution in [0.4, 0.5) is 5.69 Å². The summed E-state index contributed by atoms with van der Waals surface area (Å²) in [6, 6.07) is 13.8. The molecule has 4 heteroatoms. The van der Waals surface area contributed by atoms with Crippen LogP contribution < -0.4 is 10.6 Å². The van der Waals surface area contributed by atoms with Crippen molar-refractivity contribution in [3.05, 3.63) is 64.7 Å². The average molecular weight is 336 g/mol. The van der Waals surface area contributed by atoms with Crippen LogP contribution in [0.2, 0.25) is 0 Å². The van der Waals surface area contributed by atoms with Crippen molar-refractivity contribution in [1.82, 2.24) is 5.32 Å². The molecule has 130 valence electrons. The van der Waals surface area contributed by atoms with Crippen molar-refractivity contribution in [3.8, 4) is 0 Å². The molecular weight excluding hydrogens is 312 g/mol. The van der Waals surface area contributed by atoms with Gasteiger partial charge in [0.2, 0.25) is 11.8 Å². The first-order valence-electron chi connectivity index (χ1n) is 8.84. The van der Waals surface area contributed by atoms with E-state index in [0.717, 1.165) is 29.7 Å². The first-order chi connectivity index (χ1) is 12.1. The summed E-state index contributed by atoms with van der Waals surface area (Å²) in [5.41, 5.74) is 5.57. The number of rotatable bonds is 5. The van der Waals surface area contributed by atoms with E-state index >= 15 is 0 Å². The molecule has 0 bridgehead atoms. The van der Waals surface area contributed by atoms with E-state index < -0.39 is 0 Å². The van der Waals surface area contributed by atoms with E-state index in [2.05, 4.69) is 28.8 Å². The van der Waals surface area contributed by atoms with Crippen LogP contribution in [0, 0.1) is 0 Å². The molecule has 3 rings (SSSR count). The van der Waals surface area contributed by atoms with Gasteiger partial charge in [0, 0.05) is 12.7 Å². The van der Waals surface area contributed by atoms with Crippen LogP contribution in [0.3, 0.4) is 0 Å². The number of hydrogen-bond donors (Lipinski definition) is 2. The van der Waals surface area contributed by atoms with E-state index in [1.54, 1.807) is 7.05 Å². The second-order valence-corrected chi connectivity index (χ2v) is 6.58. The van der Waals surface area contributed by atoms with Crippen molar-refractivity contribution >= 4 is 17.5 Å². The molecule has 0 aliphatic heterocycles. The number of anilines is 1. The standard InChI is InChI=1S/C21H24N2O2/c1-22-20(24)13-15-7-10-19(11-8-15)23-21(25)14-16-6-9-17-4-2-3-5-18(17)12-16/h6-12H,2-5,13-14H2,1H3,(H,22,24)(H,23,25). The van der Waals surface area contributed by atoms with Crippen LogP contribution in [-0.2, 0) is 35.3 Å².